The van der Waals surface area contributed by atoms with Crippen LogP contribution in [0.3, 0.4) is 0 Å². The smallest absolute Gasteiger partial charge is 0.226 e. The van der Waals surface area contributed by atoms with Gasteiger partial charge in [-0.25, -0.2) is 4.68 Å². The number of hydrogen-bond acceptors (Lipinski definition) is 6. The Balaban J connectivity index is 2.23. The predicted molar refractivity (Wildman–Crippen MR) is 61.3 cm³/mol. The predicted octanol–water partition coefficient (Wildman–Crippen LogP) is 0.977. The van der Waals surface area contributed by atoms with Crippen LogP contribution in [-0.2, 0) is 13.0 Å². The van der Waals surface area contributed by atoms with Gasteiger partial charge < -0.3 is 10.3 Å². The normalized spacial score (nSPS) is 11.3. The van der Waals surface area contributed by atoms with Crippen molar-refractivity contribution in [2.45, 2.75) is 39.7 Å². The number of nitrogens with two attached hydrogens (primary N) is 1. The van der Waals surface area contributed by atoms with Crippen LogP contribution in [0.5, 0.6) is 0 Å². The highest BCUT2D eigenvalue weighted by Crippen LogP contribution is 2.19. The summed E-state index contributed by atoms with van der Waals surface area (Å²) in [5.74, 6) is 1.93. The molecule has 0 saturated heterocycles. The molecule has 0 saturated carbocycles. The van der Waals surface area contributed by atoms with Gasteiger partial charge in [0.25, 0.3) is 0 Å². The molecule has 2 aromatic heterocycles. The fourth-order valence-corrected chi connectivity index (χ4v) is 1.68. The van der Waals surface area contributed by atoms with Crippen molar-refractivity contribution >= 4 is 5.82 Å². The van der Waals surface area contributed by atoms with Crippen LogP contribution < -0.4 is 5.73 Å². The van der Waals surface area contributed by atoms with Crippen LogP contribution >= 0.6 is 0 Å². The highest BCUT2D eigenvalue weighted by molar-refractivity contribution is 5.35. The molecule has 2 N–H and O–H groups in total. The molecule has 0 unspecified atom stereocenters. The third-order valence-corrected chi connectivity index (χ3v) is 2.45. The fourth-order valence-electron chi connectivity index (χ4n) is 1.68. The zero-order valence-corrected chi connectivity index (χ0v) is 10.2. The van der Waals surface area contributed by atoms with Crippen LogP contribution in [0.25, 0.3) is 0 Å². The maximum absolute atomic E-state index is 5.77. The zero-order valence-electron chi connectivity index (χ0n) is 10.2. The summed E-state index contributed by atoms with van der Waals surface area (Å²) in [6, 6.07) is 0. The number of rotatable bonds is 4. The van der Waals surface area contributed by atoms with Crippen LogP contribution in [0.1, 0.15) is 44.1 Å². The SMILES string of the molecule is CCc1nc(Cn2nnc(N)c2C(C)C)no1. The first-order valence-electron chi connectivity index (χ1n) is 5.62. The van der Waals surface area contributed by atoms with Gasteiger partial charge in [0.05, 0.1) is 5.69 Å². The summed E-state index contributed by atoms with van der Waals surface area (Å²) in [7, 11) is 0. The minimum absolute atomic E-state index is 0.252. The third kappa shape index (κ3) is 2.27. The van der Waals surface area contributed by atoms with Crippen molar-refractivity contribution in [3.05, 3.63) is 17.4 Å². The molecule has 0 atom stereocenters. The number of hydrogen-bond donors (Lipinski definition) is 1. The largest absolute Gasteiger partial charge is 0.381 e. The summed E-state index contributed by atoms with van der Waals surface area (Å²) in [6.45, 7) is 6.48. The number of nitrogen functional groups attached to an aromatic ring is 1. The van der Waals surface area contributed by atoms with Crippen LogP contribution in [0, 0.1) is 0 Å². The second-order valence-electron chi connectivity index (χ2n) is 4.13. The van der Waals surface area contributed by atoms with Crippen LogP contribution in [0.4, 0.5) is 5.82 Å². The van der Waals surface area contributed by atoms with Gasteiger partial charge >= 0.3 is 0 Å². The summed E-state index contributed by atoms with van der Waals surface area (Å²) < 4.78 is 6.75. The van der Waals surface area contributed by atoms with E-state index >= 15 is 0 Å². The molecule has 0 fully saturated rings. The van der Waals surface area contributed by atoms with E-state index in [1.807, 2.05) is 20.8 Å². The van der Waals surface area contributed by atoms with Crippen LogP contribution in [0.2, 0.25) is 0 Å². The Morgan fingerprint density at radius 3 is 2.76 bits per heavy atom. The minimum atomic E-state index is 0.252. The standard InChI is InChI=1S/C10H16N6O/c1-4-8-12-7(14-17-8)5-16-9(6(2)3)10(11)13-15-16/h6H,4-5,11H2,1-3H3. The van der Waals surface area contributed by atoms with Gasteiger partial charge in [-0.1, -0.05) is 31.1 Å². The first kappa shape index (κ1) is 11.6. The fraction of sp³-hybridized carbons (Fsp3) is 0.600. The number of anilines is 1. The van der Waals surface area contributed by atoms with E-state index in [4.69, 9.17) is 10.3 Å². The molecule has 0 bridgehead atoms. The molecular weight excluding hydrogens is 220 g/mol. The van der Waals surface area contributed by atoms with Crippen molar-refractivity contribution in [1.82, 2.24) is 25.1 Å². The number of nitrogens with zero attached hydrogens (tertiary/aromatic N) is 5. The number of aryl methyl sites for hydroxylation is 1. The Bertz CT molecular complexity index is 501. The Morgan fingerprint density at radius 1 is 1.41 bits per heavy atom. The quantitative estimate of drug-likeness (QED) is 0.850. The molecule has 0 aromatic carbocycles. The molecule has 0 aliphatic rings. The summed E-state index contributed by atoms with van der Waals surface area (Å²) in [5.41, 5.74) is 6.66. The van der Waals surface area contributed by atoms with Gasteiger partial charge in [-0.2, -0.15) is 4.98 Å². The molecule has 0 aliphatic heterocycles. The lowest BCUT2D eigenvalue weighted by molar-refractivity contribution is 0.374. The first-order chi connectivity index (χ1) is 8.11. The van der Waals surface area contributed by atoms with Crippen molar-refractivity contribution < 1.29 is 4.52 Å². The lowest BCUT2D eigenvalue weighted by Gasteiger charge is -2.07. The van der Waals surface area contributed by atoms with E-state index in [2.05, 4.69) is 20.5 Å². The Kier molecular flexibility index (Phi) is 3.08. The average Bonchev–Trinajstić information content (AvgIpc) is 2.86. The molecule has 0 radical (unpaired) electrons. The Morgan fingerprint density at radius 2 is 2.18 bits per heavy atom. The molecule has 7 heteroatoms. The Hall–Kier alpha value is -1.92. The lowest BCUT2D eigenvalue weighted by atomic mass is 10.1. The molecule has 0 aliphatic carbocycles. The molecular formula is C10H16N6O. The minimum Gasteiger partial charge on any atom is -0.381 e. The van der Waals surface area contributed by atoms with E-state index in [-0.39, 0.29) is 5.92 Å². The monoisotopic (exact) mass is 236 g/mol. The summed E-state index contributed by atoms with van der Waals surface area (Å²) in [4.78, 5) is 4.23. The van der Waals surface area contributed by atoms with Gasteiger partial charge in [0.2, 0.25) is 5.89 Å². The maximum Gasteiger partial charge on any atom is 0.226 e. The van der Waals surface area contributed by atoms with Crippen molar-refractivity contribution in [3.8, 4) is 0 Å². The van der Waals surface area contributed by atoms with E-state index in [1.54, 1.807) is 4.68 Å². The van der Waals surface area contributed by atoms with Gasteiger partial charge in [-0.05, 0) is 5.92 Å². The van der Waals surface area contributed by atoms with E-state index in [0.29, 0.717) is 24.1 Å². The zero-order chi connectivity index (χ0) is 12.4. The summed E-state index contributed by atoms with van der Waals surface area (Å²) >= 11 is 0. The molecule has 7 nitrogen and oxygen atoms in total. The van der Waals surface area contributed by atoms with Gasteiger partial charge in [-0.3, -0.25) is 0 Å². The molecule has 2 aromatic rings. The third-order valence-electron chi connectivity index (χ3n) is 2.45. The molecule has 2 heterocycles. The van der Waals surface area contributed by atoms with E-state index < -0.39 is 0 Å². The molecule has 2 rings (SSSR count). The first-order valence-corrected chi connectivity index (χ1v) is 5.62. The second kappa shape index (κ2) is 4.52. The topological polar surface area (TPSA) is 95.7 Å². The summed E-state index contributed by atoms with van der Waals surface area (Å²) in [5, 5.41) is 11.7. The second-order valence-corrected chi connectivity index (χ2v) is 4.13. The molecule has 0 spiro atoms. The van der Waals surface area contributed by atoms with Crippen LogP contribution in [0.15, 0.2) is 4.52 Å². The van der Waals surface area contributed by atoms with E-state index in [1.165, 1.54) is 0 Å². The lowest BCUT2D eigenvalue weighted by Crippen LogP contribution is -2.09. The summed E-state index contributed by atoms with van der Waals surface area (Å²) in [6.07, 6.45) is 0.726. The van der Waals surface area contributed by atoms with Crippen molar-refractivity contribution in [2.24, 2.45) is 0 Å². The van der Waals surface area contributed by atoms with E-state index in [0.717, 1.165) is 12.1 Å². The molecule has 17 heavy (non-hydrogen) atoms. The molecule has 0 amide bonds. The van der Waals surface area contributed by atoms with Gasteiger partial charge in [0, 0.05) is 6.42 Å². The van der Waals surface area contributed by atoms with Gasteiger partial charge in [0.15, 0.2) is 11.6 Å². The van der Waals surface area contributed by atoms with E-state index in [9.17, 15) is 0 Å². The van der Waals surface area contributed by atoms with Crippen molar-refractivity contribution in [1.29, 1.82) is 0 Å². The highest BCUT2D eigenvalue weighted by atomic mass is 16.5. The van der Waals surface area contributed by atoms with Gasteiger partial charge in [-0.15, -0.1) is 5.10 Å². The van der Waals surface area contributed by atoms with Crippen molar-refractivity contribution in [3.63, 3.8) is 0 Å². The average molecular weight is 236 g/mol. The highest BCUT2D eigenvalue weighted by Gasteiger charge is 2.15. The number of aromatic nitrogens is 5. The van der Waals surface area contributed by atoms with Crippen LogP contribution in [-0.4, -0.2) is 25.1 Å². The maximum atomic E-state index is 5.77. The molecule has 92 valence electrons. The van der Waals surface area contributed by atoms with Gasteiger partial charge in [0.1, 0.15) is 6.54 Å². The Labute approximate surface area is 99.0 Å². The van der Waals surface area contributed by atoms with Crippen molar-refractivity contribution in [2.75, 3.05) is 5.73 Å².